The van der Waals surface area contributed by atoms with Gasteiger partial charge in [-0.2, -0.15) is 0 Å². The summed E-state index contributed by atoms with van der Waals surface area (Å²) in [5.74, 6) is 0.757. The molecule has 0 aliphatic carbocycles. The van der Waals surface area contributed by atoms with Crippen molar-refractivity contribution < 1.29 is 9.53 Å². The average Bonchev–Trinajstić information content (AvgIpc) is 2.24. The number of ether oxygens (including phenoxy) is 1. The predicted octanol–water partition coefficient (Wildman–Crippen LogP) is 1.48. The van der Waals surface area contributed by atoms with Crippen molar-refractivity contribution in [2.45, 2.75) is 11.4 Å². The van der Waals surface area contributed by atoms with Gasteiger partial charge in [-0.05, 0) is 15.9 Å². The lowest BCUT2D eigenvalue weighted by Gasteiger charge is -2.03. The zero-order valence-corrected chi connectivity index (χ0v) is 10.5. The molecule has 0 bridgehead atoms. The number of nitrogen functional groups attached to an aromatic ring is 1. The number of aromatic nitrogens is 2. The van der Waals surface area contributed by atoms with Gasteiger partial charge in [0.2, 0.25) is 0 Å². The predicted molar refractivity (Wildman–Crippen MR) is 61.5 cm³/mol. The number of hydrogen-bond acceptors (Lipinski definition) is 6. The fraction of sp³-hybridized carbons (Fsp3) is 0.375. The molecule has 0 aromatic carbocycles. The molecule has 5 nitrogen and oxygen atoms in total. The number of carbonyl (C=O) groups is 1. The van der Waals surface area contributed by atoms with E-state index in [0.717, 1.165) is 5.03 Å². The van der Waals surface area contributed by atoms with E-state index in [0.29, 0.717) is 22.5 Å². The van der Waals surface area contributed by atoms with E-state index in [9.17, 15) is 4.79 Å². The van der Waals surface area contributed by atoms with E-state index in [1.165, 1.54) is 25.2 Å². The Hall–Kier alpha value is -0.820. The molecular weight excluding hydrogens is 282 g/mol. The van der Waals surface area contributed by atoms with Crippen LogP contribution in [0.15, 0.2) is 15.8 Å². The number of anilines is 1. The van der Waals surface area contributed by atoms with Gasteiger partial charge in [0.15, 0.2) is 0 Å². The van der Waals surface area contributed by atoms with Crippen molar-refractivity contribution in [3.05, 3.63) is 10.8 Å². The maximum Gasteiger partial charge on any atom is 0.306 e. The first-order valence-corrected chi connectivity index (χ1v) is 5.88. The first kappa shape index (κ1) is 12.3. The maximum atomic E-state index is 10.8. The molecule has 0 fully saturated rings. The molecule has 1 rings (SSSR count). The Morgan fingerprint density at radius 1 is 1.67 bits per heavy atom. The van der Waals surface area contributed by atoms with Crippen LogP contribution in [0.3, 0.4) is 0 Å². The van der Waals surface area contributed by atoms with Gasteiger partial charge < -0.3 is 10.5 Å². The third-order valence-corrected chi connectivity index (χ3v) is 3.59. The van der Waals surface area contributed by atoms with Crippen molar-refractivity contribution in [3.63, 3.8) is 0 Å². The van der Waals surface area contributed by atoms with Crippen LogP contribution < -0.4 is 5.73 Å². The molecule has 0 amide bonds. The monoisotopic (exact) mass is 291 g/mol. The summed E-state index contributed by atoms with van der Waals surface area (Å²) < 4.78 is 5.19. The summed E-state index contributed by atoms with van der Waals surface area (Å²) in [4.78, 5) is 18.7. The topological polar surface area (TPSA) is 78.1 Å². The van der Waals surface area contributed by atoms with Crippen molar-refractivity contribution in [1.29, 1.82) is 0 Å². The molecule has 1 aromatic heterocycles. The minimum atomic E-state index is -0.236. The Morgan fingerprint density at radius 3 is 3.07 bits per heavy atom. The summed E-state index contributed by atoms with van der Waals surface area (Å²) in [6.45, 7) is 0. The van der Waals surface area contributed by atoms with Crippen molar-refractivity contribution in [3.8, 4) is 0 Å². The van der Waals surface area contributed by atoms with Crippen LogP contribution in [0.5, 0.6) is 0 Å². The highest BCUT2D eigenvalue weighted by Crippen LogP contribution is 2.28. The number of halogens is 1. The Balaban J connectivity index is 2.51. The number of carbonyl (C=O) groups excluding carboxylic acids is 1. The second-order valence-corrected chi connectivity index (χ2v) is 4.43. The first-order valence-electron chi connectivity index (χ1n) is 4.10. The normalized spacial score (nSPS) is 10.0. The highest BCUT2D eigenvalue weighted by atomic mass is 79.9. The van der Waals surface area contributed by atoms with Gasteiger partial charge in [0.1, 0.15) is 17.2 Å². The molecule has 0 saturated heterocycles. The fourth-order valence-corrected chi connectivity index (χ4v) is 2.16. The number of rotatable bonds is 4. The van der Waals surface area contributed by atoms with Crippen molar-refractivity contribution >= 4 is 39.5 Å². The van der Waals surface area contributed by atoms with Crippen LogP contribution in [0.4, 0.5) is 5.82 Å². The first-order chi connectivity index (χ1) is 7.15. The van der Waals surface area contributed by atoms with E-state index >= 15 is 0 Å². The van der Waals surface area contributed by atoms with Gasteiger partial charge in [0.25, 0.3) is 0 Å². The van der Waals surface area contributed by atoms with Crippen LogP contribution in [0, 0.1) is 0 Å². The molecule has 0 unspecified atom stereocenters. The fourth-order valence-electron chi connectivity index (χ4n) is 0.800. The van der Waals surface area contributed by atoms with Crippen LogP contribution in [-0.4, -0.2) is 28.8 Å². The van der Waals surface area contributed by atoms with Crippen LogP contribution in [0.1, 0.15) is 6.42 Å². The number of nitrogens with two attached hydrogens (primary N) is 1. The van der Waals surface area contributed by atoms with E-state index in [4.69, 9.17) is 5.73 Å². The lowest BCUT2D eigenvalue weighted by atomic mass is 10.5. The Bertz CT molecular complexity index is 362. The molecule has 0 radical (unpaired) electrons. The number of thioether (sulfide) groups is 1. The van der Waals surface area contributed by atoms with E-state index < -0.39 is 0 Å². The van der Waals surface area contributed by atoms with Crippen molar-refractivity contribution in [1.82, 2.24) is 9.97 Å². The molecule has 15 heavy (non-hydrogen) atoms. The minimum Gasteiger partial charge on any atom is -0.469 e. The molecule has 0 aliphatic rings. The summed E-state index contributed by atoms with van der Waals surface area (Å²) in [6, 6.07) is 0. The van der Waals surface area contributed by atoms with Crippen molar-refractivity contribution in [2.24, 2.45) is 0 Å². The lowest BCUT2D eigenvalue weighted by Crippen LogP contribution is -2.01. The standard InChI is InChI=1S/C8H10BrN3O2S/c1-14-5(13)2-3-15-8-6(9)7(10)11-4-12-8/h4H,2-3H2,1H3,(H2,10,11,12). The van der Waals surface area contributed by atoms with E-state index in [1.807, 2.05) is 0 Å². The molecule has 2 N–H and O–H groups in total. The molecule has 1 aromatic rings. The highest BCUT2D eigenvalue weighted by molar-refractivity contribution is 9.10. The quantitative estimate of drug-likeness (QED) is 0.514. The molecule has 0 saturated carbocycles. The molecule has 7 heteroatoms. The van der Waals surface area contributed by atoms with Crippen LogP contribution in [-0.2, 0) is 9.53 Å². The summed E-state index contributed by atoms with van der Waals surface area (Å²) in [5.41, 5.74) is 5.58. The molecule has 82 valence electrons. The molecule has 0 spiro atoms. The maximum absolute atomic E-state index is 10.8. The minimum absolute atomic E-state index is 0.236. The van der Waals surface area contributed by atoms with Crippen LogP contribution in [0.25, 0.3) is 0 Å². The number of hydrogen-bond donors (Lipinski definition) is 1. The summed E-state index contributed by atoms with van der Waals surface area (Å²) in [6.07, 6.45) is 1.73. The zero-order valence-electron chi connectivity index (χ0n) is 8.07. The summed E-state index contributed by atoms with van der Waals surface area (Å²) >= 11 is 4.70. The van der Waals surface area contributed by atoms with Crippen molar-refractivity contribution in [2.75, 3.05) is 18.6 Å². The molecular formula is C8H10BrN3O2S. The number of methoxy groups -OCH3 is 1. The SMILES string of the molecule is COC(=O)CCSc1ncnc(N)c1Br. The average molecular weight is 292 g/mol. The summed E-state index contributed by atoms with van der Waals surface area (Å²) in [7, 11) is 1.37. The van der Waals surface area contributed by atoms with Crippen LogP contribution in [0.2, 0.25) is 0 Å². The van der Waals surface area contributed by atoms with Gasteiger partial charge in [-0.25, -0.2) is 9.97 Å². The third kappa shape index (κ3) is 3.67. The number of nitrogens with zero attached hydrogens (tertiary/aromatic N) is 2. The second-order valence-electron chi connectivity index (χ2n) is 2.55. The number of esters is 1. The van der Waals surface area contributed by atoms with Gasteiger partial charge >= 0.3 is 5.97 Å². The second kappa shape index (κ2) is 5.92. The van der Waals surface area contributed by atoms with Gasteiger partial charge in [-0.15, -0.1) is 11.8 Å². The van der Waals surface area contributed by atoms with E-state index in [2.05, 4.69) is 30.6 Å². The molecule has 1 heterocycles. The Labute approximate surface area is 99.9 Å². The van der Waals surface area contributed by atoms with E-state index in [-0.39, 0.29) is 5.97 Å². The third-order valence-electron chi connectivity index (χ3n) is 1.56. The van der Waals surface area contributed by atoms with Gasteiger partial charge in [-0.1, -0.05) is 0 Å². The smallest absolute Gasteiger partial charge is 0.306 e. The lowest BCUT2D eigenvalue weighted by molar-refractivity contribution is -0.140. The van der Waals surface area contributed by atoms with E-state index in [1.54, 1.807) is 0 Å². The molecule has 0 atom stereocenters. The van der Waals surface area contributed by atoms with Gasteiger partial charge in [0.05, 0.1) is 18.0 Å². The summed E-state index contributed by atoms with van der Waals surface area (Å²) in [5, 5.41) is 0.728. The van der Waals surface area contributed by atoms with Crippen LogP contribution >= 0.6 is 27.7 Å². The van der Waals surface area contributed by atoms with Gasteiger partial charge in [0, 0.05) is 5.75 Å². The highest BCUT2D eigenvalue weighted by Gasteiger charge is 2.07. The Kier molecular flexibility index (Phi) is 4.83. The zero-order chi connectivity index (χ0) is 11.3. The molecule has 0 aliphatic heterocycles. The Morgan fingerprint density at radius 2 is 2.40 bits per heavy atom. The van der Waals surface area contributed by atoms with Gasteiger partial charge in [-0.3, -0.25) is 4.79 Å². The largest absolute Gasteiger partial charge is 0.469 e.